The van der Waals surface area contributed by atoms with Gasteiger partial charge in [-0.2, -0.15) is 0 Å². The highest BCUT2D eigenvalue weighted by Crippen LogP contribution is 2.38. The smallest absolute Gasteiger partial charge is 0.248 e. The van der Waals surface area contributed by atoms with Crippen LogP contribution in [0, 0.1) is 0 Å². The average molecular weight is 325 g/mol. The number of aliphatic hydroxyl groups is 1. The van der Waals surface area contributed by atoms with E-state index < -0.39 is 6.10 Å². The molecule has 1 atom stereocenters. The summed E-state index contributed by atoms with van der Waals surface area (Å²) >= 11 is 3.36. The van der Waals surface area contributed by atoms with E-state index in [9.17, 15) is 5.11 Å². The van der Waals surface area contributed by atoms with E-state index in [0.29, 0.717) is 15.9 Å². The van der Waals surface area contributed by atoms with Gasteiger partial charge in [-0.15, -0.1) is 10.2 Å². The largest absolute Gasteiger partial charge is 0.480 e. The SMILES string of the molecule is COc1nnc(OC)c(C(O)c2ccccc2)c1Br. The van der Waals surface area contributed by atoms with Gasteiger partial charge in [0.1, 0.15) is 6.10 Å². The standard InChI is InChI=1S/C13H13BrN2O3/c1-18-12-9(10(14)13(19-2)16-15-12)11(17)8-6-4-3-5-7-8/h3-7,11,17H,1-2H3. The molecule has 1 heterocycles. The fraction of sp³-hybridized carbons (Fsp3) is 0.231. The molecule has 100 valence electrons. The van der Waals surface area contributed by atoms with Crippen LogP contribution in [0.3, 0.4) is 0 Å². The van der Waals surface area contributed by atoms with Crippen molar-refractivity contribution in [1.82, 2.24) is 10.2 Å². The van der Waals surface area contributed by atoms with Crippen molar-refractivity contribution in [3.8, 4) is 11.8 Å². The molecule has 2 rings (SSSR count). The van der Waals surface area contributed by atoms with Crippen molar-refractivity contribution in [2.45, 2.75) is 6.10 Å². The third-order valence-corrected chi connectivity index (χ3v) is 3.43. The van der Waals surface area contributed by atoms with Gasteiger partial charge in [-0.1, -0.05) is 30.3 Å². The van der Waals surface area contributed by atoms with E-state index in [1.54, 1.807) is 0 Å². The summed E-state index contributed by atoms with van der Waals surface area (Å²) in [4.78, 5) is 0. The van der Waals surface area contributed by atoms with E-state index in [4.69, 9.17) is 9.47 Å². The average Bonchev–Trinajstić information content (AvgIpc) is 2.47. The fourth-order valence-electron chi connectivity index (χ4n) is 1.72. The van der Waals surface area contributed by atoms with Crippen LogP contribution in [0.15, 0.2) is 34.8 Å². The molecule has 0 bridgehead atoms. The predicted molar refractivity (Wildman–Crippen MR) is 73.3 cm³/mol. The molecule has 1 unspecified atom stereocenters. The zero-order valence-electron chi connectivity index (χ0n) is 10.5. The van der Waals surface area contributed by atoms with Gasteiger partial charge < -0.3 is 14.6 Å². The topological polar surface area (TPSA) is 64.5 Å². The number of halogens is 1. The molecule has 0 spiro atoms. The van der Waals surface area contributed by atoms with Crippen LogP contribution in [0.1, 0.15) is 17.2 Å². The first kappa shape index (κ1) is 13.8. The molecule has 6 heteroatoms. The van der Waals surface area contributed by atoms with E-state index >= 15 is 0 Å². The molecule has 2 aromatic rings. The van der Waals surface area contributed by atoms with Gasteiger partial charge in [0.15, 0.2) is 0 Å². The van der Waals surface area contributed by atoms with Crippen LogP contribution in [0.25, 0.3) is 0 Å². The summed E-state index contributed by atoms with van der Waals surface area (Å²) in [6.07, 6.45) is -0.880. The summed E-state index contributed by atoms with van der Waals surface area (Å²) in [6.45, 7) is 0. The maximum Gasteiger partial charge on any atom is 0.248 e. The molecule has 5 nitrogen and oxygen atoms in total. The Morgan fingerprint density at radius 2 is 1.63 bits per heavy atom. The Bertz CT molecular complexity index is 563. The summed E-state index contributed by atoms with van der Waals surface area (Å²) in [7, 11) is 2.96. The van der Waals surface area contributed by atoms with Crippen molar-refractivity contribution in [2.24, 2.45) is 0 Å². The molecule has 0 aliphatic carbocycles. The van der Waals surface area contributed by atoms with Crippen molar-refractivity contribution in [1.29, 1.82) is 0 Å². The van der Waals surface area contributed by atoms with Gasteiger partial charge in [-0.05, 0) is 21.5 Å². The van der Waals surface area contributed by atoms with Crippen molar-refractivity contribution in [3.05, 3.63) is 45.9 Å². The van der Waals surface area contributed by atoms with Gasteiger partial charge in [0, 0.05) is 0 Å². The highest BCUT2D eigenvalue weighted by Gasteiger charge is 2.23. The van der Waals surface area contributed by atoms with Crippen LogP contribution in [0.4, 0.5) is 0 Å². The molecule has 19 heavy (non-hydrogen) atoms. The van der Waals surface area contributed by atoms with Crippen molar-refractivity contribution < 1.29 is 14.6 Å². The number of hydrogen-bond acceptors (Lipinski definition) is 5. The van der Waals surface area contributed by atoms with Crippen molar-refractivity contribution >= 4 is 15.9 Å². The van der Waals surface area contributed by atoms with Crippen LogP contribution in [-0.4, -0.2) is 29.5 Å². The first-order valence-electron chi connectivity index (χ1n) is 5.56. The molecular weight excluding hydrogens is 312 g/mol. The Balaban J connectivity index is 2.54. The number of ether oxygens (including phenoxy) is 2. The van der Waals surface area contributed by atoms with Gasteiger partial charge in [0.2, 0.25) is 11.8 Å². The number of methoxy groups -OCH3 is 2. The lowest BCUT2D eigenvalue weighted by Crippen LogP contribution is -2.07. The van der Waals surface area contributed by atoms with E-state index in [-0.39, 0.29) is 5.88 Å². The third-order valence-electron chi connectivity index (χ3n) is 2.66. The van der Waals surface area contributed by atoms with Crippen LogP contribution in [0.2, 0.25) is 0 Å². The highest BCUT2D eigenvalue weighted by molar-refractivity contribution is 9.10. The summed E-state index contributed by atoms with van der Waals surface area (Å²) in [6, 6.07) is 9.23. The molecule has 0 radical (unpaired) electrons. The number of benzene rings is 1. The molecule has 0 saturated carbocycles. The van der Waals surface area contributed by atoms with E-state index in [1.165, 1.54) is 14.2 Å². The van der Waals surface area contributed by atoms with Gasteiger partial charge >= 0.3 is 0 Å². The number of rotatable bonds is 4. The van der Waals surface area contributed by atoms with Crippen molar-refractivity contribution in [2.75, 3.05) is 14.2 Å². The summed E-state index contributed by atoms with van der Waals surface area (Å²) in [5, 5.41) is 18.2. The Hall–Kier alpha value is -1.66. The molecule has 0 amide bonds. The third kappa shape index (κ3) is 2.69. The number of hydrogen-bond donors (Lipinski definition) is 1. The lowest BCUT2D eigenvalue weighted by atomic mass is 10.0. The molecular formula is C13H13BrN2O3. The molecule has 0 saturated heterocycles. The summed E-state index contributed by atoms with van der Waals surface area (Å²) < 4.78 is 10.8. The zero-order valence-corrected chi connectivity index (χ0v) is 12.1. The Kier molecular flexibility index (Phi) is 4.34. The minimum atomic E-state index is -0.880. The second-order valence-corrected chi connectivity index (χ2v) is 4.55. The lowest BCUT2D eigenvalue weighted by molar-refractivity contribution is 0.210. The van der Waals surface area contributed by atoms with E-state index in [2.05, 4.69) is 26.1 Å². The molecule has 1 aromatic carbocycles. The normalized spacial score (nSPS) is 12.0. The highest BCUT2D eigenvalue weighted by atomic mass is 79.9. The first-order chi connectivity index (χ1) is 9.19. The Morgan fingerprint density at radius 1 is 1.05 bits per heavy atom. The number of aliphatic hydroxyl groups excluding tert-OH is 1. The quantitative estimate of drug-likeness (QED) is 0.935. The van der Waals surface area contributed by atoms with E-state index in [0.717, 1.165) is 5.56 Å². The van der Waals surface area contributed by atoms with Crippen molar-refractivity contribution in [3.63, 3.8) is 0 Å². The van der Waals surface area contributed by atoms with Crippen LogP contribution < -0.4 is 9.47 Å². The van der Waals surface area contributed by atoms with E-state index in [1.807, 2.05) is 30.3 Å². The summed E-state index contributed by atoms with van der Waals surface area (Å²) in [5.41, 5.74) is 1.22. The zero-order chi connectivity index (χ0) is 13.8. The van der Waals surface area contributed by atoms with Crippen LogP contribution in [-0.2, 0) is 0 Å². The minimum absolute atomic E-state index is 0.254. The van der Waals surface area contributed by atoms with Gasteiger partial charge in [-0.3, -0.25) is 0 Å². The Morgan fingerprint density at radius 3 is 2.21 bits per heavy atom. The molecule has 1 N–H and O–H groups in total. The predicted octanol–water partition coefficient (Wildman–Crippen LogP) is 2.34. The first-order valence-corrected chi connectivity index (χ1v) is 6.35. The second kappa shape index (κ2) is 5.99. The second-order valence-electron chi connectivity index (χ2n) is 3.76. The fourth-order valence-corrected chi connectivity index (χ4v) is 2.35. The van der Waals surface area contributed by atoms with Gasteiger partial charge in [-0.25, -0.2) is 0 Å². The van der Waals surface area contributed by atoms with Gasteiger partial charge in [0.05, 0.1) is 24.3 Å². The minimum Gasteiger partial charge on any atom is -0.480 e. The Labute approximate surface area is 119 Å². The molecule has 1 aromatic heterocycles. The van der Waals surface area contributed by atoms with Crippen LogP contribution in [0.5, 0.6) is 11.8 Å². The lowest BCUT2D eigenvalue weighted by Gasteiger charge is -2.16. The monoisotopic (exact) mass is 324 g/mol. The number of aromatic nitrogens is 2. The van der Waals surface area contributed by atoms with Gasteiger partial charge in [0.25, 0.3) is 0 Å². The molecule has 0 aliphatic rings. The molecule has 0 fully saturated rings. The van der Waals surface area contributed by atoms with Crippen LogP contribution >= 0.6 is 15.9 Å². The maximum absolute atomic E-state index is 10.5. The molecule has 0 aliphatic heterocycles. The number of nitrogens with zero attached hydrogens (tertiary/aromatic N) is 2. The maximum atomic E-state index is 10.5. The summed E-state index contributed by atoms with van der Waals surface area (Å²) in [5.74, 6) is 0.551.